The van der Waals surface area contributed by atoms with Crippen LogP contribution >= 0.6 is 0 Å². The fourth-order valence-electron chi connectivity index (χ4n) is 1.25. The maximum absolute atomic E-state index is 6.08. The van der Waals surface area contributed by atoms with Gasteiger partial charge in [-0.3, -0.25) is 0 Å². The molecule has 0 N–H and O–H groups in total. The number of rotatable bonds is 6. The van der Waals surface area contributed by atoms with Gasteiger partial charge in [0.25, 0.3) is 0 Å². The van der Waals surface area contributed by atoms with Crippen LogP contribution in [0.15, 0.2) is 24.3 Å². The Morgan fingerprint density at radius 1 is 1.17 bits per heavy atom. The monoisotopic (exact) mass is 265 g/mol. The van der Waals surface area contributed by atoms with Gasteiger partial charge in [0.1, 0.15) is 5.75 Å². The molecule has 0 unspecified atom stereocenters. The van der Waals surface area contributed by atoms with Crippen molar-refractivity contribution >= 4 is 8.32 Å². The molecule has 0 aliphatic rings. The smallest absolute Gasteiger partial charge is 0.191 e. The van der Waals surface area contributed by atoms with E-state index in [4.69, 9.17) is 9.16 Å². The highest BCUT2D eigenvalue weighted by atomic mass is 28.4. The predicted molar refractivity (Wildman–Crippen MR) is 78.5 cm³/mol. The van der Waals surface area contributed by atoms with Crippen LogP contribution in [0.3, 0.4) is 0 Å². The molecule has 0 atom stereocenters. The summed E-state index contributed by atoms with van der Waals surface area (Å²) in [6.07, 6.45) is 0.926. The van der Waals surface area contributed by atoms with Crippen molar-refractivity contribution in [2.24, 2.45) is 0 Å². The van der Waals surface area contributed by atoms with Crippen LogP contribution in [-0.2, 0) is 4.43 Å². The van der Waals surface area contributed by atoms with Gasteiger partial charge in [-0.2, -0.15) is 0 Å². The molecule has 0 fully saturated rings. The summed E-state index contributed by atoms with van der Waals surface area (Å²) in [5, 5.41) is 0.279. The van der Waals surface area contributed by atoms with E-state index in [9.17, 15) is 0 Å². The van der Waals surface area contributed by atoms with Crippen LogP contribution in [0.1, 0.15) is 27.2 Å². The van der Waals surface area contributed by atoms with E-state index in [1.54, 1.807) is 0 Å². The lowest BCUT2D eigenvalue weighted by Gasteiger charge is -2.36. The molecule has 0 spiro atoms. The third-order valence-electron chi connectivity index (χ3n) is 3.50. The minimum Gasteiger partial charge on any atom is -0.493 e. The van der Waals surface area contributed by atoms with Gasteiger partial charge in [0.2, 0.25) is 0 Å². The molecule has 0 aliphatic heterocycles. The van der Waals surface area contributed by atoms with Gasteiger partial charge in [-0.1, -0.05) is 39.0 Å². The third kappa shape index (κ3) is 4.82. The first-order valence-corrected chi connectivity index (χ1v) is 9.47. The second kappa shape index (κ2) is 6.39. The Hall–Kier alpha value is -0.803. The van der Waals surface area contributed by atoms with Crippen molar-refractivity contribution in [2.45, 2.75) is 45.3 Å². The molecule has 101 valence electrons. The quantitative estimate of drug-likeness (QED) is 0.564. The maximum Gasteiger partial charge on any atom is 0.191 e. The van der Waals surface area contributed by atoms with Crippen LogP contribution in [0.25, 0.3) is 0 Å². The summed E-state index contributed by atoms with van der Waals surface area (Å²) in [6.45, 7) is 12.8. The number of hydrogen-bond donors (Lipinski definition) is 0. The molecule has 1 aromatic rings. The van der Waals surface area contributed by atoms with Gasteiger partial charge in [-0.05, 0) is 24.2 Å². The average Bonchev–Trinajstić information content (AvgIpc) is 2.28. The van der Waals surface area contributed by atoms with Gasteiger partial charge in [-0.25, -0.2) is 0 Å². The molecule has 18 heavy (non-hydrogen) atoms. The molecule has 0 saturated heterocycles. The summed E-state index contributed by atoms with van der Waals surface area (Å²) in [6, 6.07) is 10.7. The minimum atomic E-state index is -1.60. The lowest BCUT2D eigenvalue weighted by Crippen LogP contribution is -2.41. The van der Waals surface area contributed by atoms with Crippen molar-refractivity contribution in [1.29, 1.82) is 0 Å². The Balaban J connectivity index is 2.20. The van der Waals surface area contributed by atoms with Gasteiger partial charge in [-0.15, -0.1) is 0 Å². The SMILES string of the molecule is CC(C)(C)[Si](C)(C)OCCCOc1[c]cccc1. The number of hydrogen-bond acceptors (Lipinski definition) is 2. The zero-order chi connectivity index (χ0) is 13.6. The zero-order valence-corrected chi connectivity index (χ0v) is 13.2. The molecule has 0 heterocycles. The average molecular weight is 265 g/mol. The normalized spacial score (nSPS) is 12.5. The fourth-order valence-corrected chi connectivity index (χ4v) is 2.34. The van der Waals surface area contributed by atoms with Crippen molar-refractivity contribution in [3.05, 3.63) is 30.3 Å². The van der Waals surface area contributed by atoms with Gasteiger partial charge < -0.3 is 9.16 Å². The van der Waals surface area contributed by atoms with E-state index >= 15 is 0 Å². The largest absolute Gasteiger partial charge is 0.493 e. The lowest BCUT2D eigenvalue weighted by atomic mass is 10.2. The Bertz CT molecular complexity index is 341. The van der Waals surface area contributed by atoms with Crippen molar-refractivity contribution in [1.82, 2.24) is 0 Å². The van der Waals surface area contributed by atoms with Crippen molar-refractivity contribution in [3.63, 3.8) is 0 Å². The molecular formula is C15H25O2Si. The molecule has 3 heteroatoms. The molecule has 0 amide bonds. The molecule has 0 aromatic heterocycles. The van der Waals surface area contributed by atoms with Crippen molar-refractivity contribution < 1.29 is 9.16 Å². The van der Waals surface area contributed by atoms with Crippen molar-refractivity contribution in [2.75, 3.05) is 13.2 Å². The van der Waals surface area contributed by atoms with Gasteiger partial charge in [0, 0.05) is 19.1 Å². The molecule has 0 aliphatic carbocycles. The zero-order valence-electron chi connectivity index (χ0n) is 12.2. The molecule has 2 nitrogen and oxygen atoms in total. The number of para-hydroxylation sites is 1. The highest BCUT2D eigenvalue weighted by Crippen LogP contribution is 2.36. The molecule has 0 saturated carbocycles. The van der Waals surface area contributed by atoms with Crippen LogP contribution in [0.5, 0.6) is 5.75 Å². The Labute approximate surface area is 112 Å². The summed E-state index contributed by atoms with van der Waals surface area (Å²) < 4.78 is 11.7. The molecule has 1 radical (unpaired) electrons. The molecule has 1 rings (SSSR count). The lowest BCUT2D eigenvalue weighted by molar-refractivity contribution is 0.233. The molecule has 0 bridgehead atoms. The van der Waals surface area contributed by atoms with Crippen LogP contribution in [-0.4, -0.2) is 21.5 Å². The van der Waals surface area contributed by atoms with Crippen LogP contribution in [0.2, 0.25) is 18.1 Å². The summed E-state index contributed by atoms with van der Waals surface area (Å²) in [5.74, 6) is 0.810. The fraction of sp³-hybridized carbons (Fsp3) is 0.600. The van der Waals surface area contributed by atoms with E-state index in [0.29, 0.717) is 6.61 Å². The summed E-state index contributed by atoms with van der Waals surface area (Å²) in [4.78, 5) is 0. The maximum atomic E-state index is 6.08. The minimum absolute atomic E-state index is 0.279. The molecule has 1 aromatic carbocycles. The third-order valence-corrected chi connectivity index (χ3v) is 8.03. The summed E-state index contributed by atoms with van der Waals surface area (Å²) in [5.41, 5.74) is 0. The van der Waals surface area contributed by atoms with Crippen LogP contribution in [0.4, 0.5) is 0 Å². The Kier molecular flexibility index (Phi) is 5.41. The highest BCUT2D eigenvalue weighted by Gasteiger charge is 2.36. The Morgan fingerprint density at radius 2 is 1.89 bits per heavy atom. The number of benzene rings is 1. The second-order valence-electron chi connectivity index (χ2n) is 6.04. The first kappa shape index (κ1) is 15.3. The molecular weight excluding hydrogens is 240 g/mol. The van der Waals surface area contributed by atoms with E-state index in [-0.39, 0.29) is 5.04 Å². The van der Waals surface area contributed by atoms with Crippen LogP contribution in [0, 0.1) is 6.07 Å². The Morgan fingerprint density at radius 3 is 2.44 bits per heavy atom. The van der Waals surface area contributed by atoms with Gasteiger partial charge in [0.05, 0.1) is 6.61 Å². The second-order valence-corrected chi connectivity index (χ2v) is 10.8. The van der Waals surface area contributed by atoms with E-state index in [1.165, 1.54) is 0 Å². The highest BCUT2D eigenvalue weighted by molar-refractivity contribution is 6.74. The topological polar surface area (TPSA) is 18.5 Å². The van der Waals surface area contributed by atoms with Gasteiger partial charge in [0.15, 0.2) is 8.32 Å². The standard InChI is InChI=1S/C15H25O2Si/c1-15(2,3)18(4,5)17-13-9-12-16-14-10-7-6-8-11-14/h6-8,10H,9,12-13H2,1-5H3. The number of ether oxygens (including phenoxy) is 1. The summed E-state index contributed by atoms with van der Waals surface area (Å²) >= 11 is 0. The van der Waals surface area contributed by atoms with Crippen LogP contribution < -0.4 is 4.74 Å². The summed E-state index contributed by atoms with van der Waals surface area (Å²) in [7, 11) is -1.60. The van der Waals surface area contributed by atoms with E-state index in [0.717, 1.165) is 18.8 Å². The van der Waals surface area contributed by atoms with Crippen molar-refractivity contribution in [3.8, 4) is 5.75 Å². The predicted octanol–water partition coefficient (Wildman–Crippen LogP) is 4.28. The first-order valence-electron chi connectivity index (χ1n) is 6.56. The first-order chi connectivity index (χ1) is 8.33. The van der Waals surface area contributed by atoms with Gasteiger partial charge >= 0.3 is 0 Å². The van der Waals surface area contributed by atoms with E-state index < -0.39 is 8.32 Å². The van der Waals surface area contributed by atoms with E-state index in [1.807, 2.05) is 24.3 Å². The van der Waals surface area contributed by atoms with E-state index in [2.05, 4.69) is 39.9 Å².